The molecule has 0 saturated carbocycles. The maximum atomic E-state index is 13.3. The molecule has 2 heterocycles. The number of halogens is 4. The lowest BCUT2D eigenvalue weighted by Gasteiger charge is -2.36. The van der Waals surface area contributed by atoms with Gasteiger partial charge in [-0.25, -0.2) is 9.99 Å². The van der Waals surface area contributed by atoms with Crippen LogP contribution in [0.25, 0.3) is 0 Å². The second kappa shape index (κ2) is 10.6. The minimum absolute atomic E-state index is 0.0139. The van der Waals surface area contributed by atoms with Gasteiger partial charge in [-0.05, 0) is 61.0 Å². The number of anilines is 3. The maximum Gasteiger partial charge on any atom is 0.433 e. The van der Waals surface area contributed by atoms with Gasteiger partial charge in [0.25, 0.3) is 5.91 Å². The molecule has 1 amide bonds. The van der Waals surface area contributed by atoms with Crippen LogP contribution in [0.15, 0.2) is 54.6 Å². The summed E-state index contributed by atoms with van der Waals surface area (Å²) in [5, 5.41) is 5.00. The monoisotopic (exact) mass is 519 g/mol. The van der Waals surface area contributed by atoms with Gasteiger partial charge in [0.1, 0.15) is 17.3 Å². The third kappa shape index (κ3) is 6.00. The fraction of sp³-hybridized carbons (Fsp3) is 0.280. The van der Waals surface area contributed by atoms with Gasteiger partial charge in [0.05, 0.1) is 12.7 Å². The number of hydrogen-bond acceptors (Lipinski definition) is 6. The number of aromatic nitrogens is 1. The van der Waals surface area contributed by atoms with Gasteiger partial charge in [-0.2, -0.15) is 13.2 Å². The molecule has 1 aliphatic heterocycles. The van der Waals surface area contributed by atoms with Gasteiger partial charge in [0.2, 0.25) is 0 Å². The summed E-state index contributed by atoms with van der Waals surface area (Å²) in [5.41, 5.74) is 3.91. The van der Waals surface area contributed by atoms with E-state index in [0.717, 1.165) is 29.1 Å². The molecule has 0 unspecified atom stereocenters. The summed E-state index contributed by atoms with van der Waals surface area (Å²) < 4.78 is 45.2. The van der Waals surface area contributed by atoms with Gasteiger partial charge in [0.15, 0.2) is 0 Å². The van der Waals surface area contributed by atoms with E-state index in [0.29, 0.717) is 36.9 Å². The van der Waals surface area contributed by atoms with E-state index >= 15 is 0 Å². The van der Waals surface area contributed by atoms with Crippen molar-refractivity contribution >= 4 is 34.7 Å². The zero-order valence-corrected chi connectivity index (χ0v) is 20.5. The highest BCUT2D eigenvalue weighted by Gasteiger charge is 2.34. The molecular weight excluding hydrogens is 495 g/mol. The summed E-state index contributed by atoms with van der Waals surface area (Å²) in [6.45, 7) is 4.15. The lowest BCUT2D eigenvalue weighted by molar-refractivity contribution is -0.141. The van der Waals surface area contributed by atoms with E-state index in [2.05, 4.69) is 20.6 Å². The van der Waals surface area contributed by atoms with Gasteiger partial charge < -0.3 is 15.0 Å². The number of benzene rings is 2. The van der Waals surface area contributed by atoms with Gasteiger partial charge in [-0.15, -0.1) is 0 Å². The molecule has 0 spiro atoms. The highest BCUT2D eigenvalue weighted by molar-refractivity contribution is 6.30. The van der Waals surface area contributed by atoms with Crippen LogP contribution in [0, 0.1) is 6.92 Å². The van der Waals surface area contributed by atoms with E-state index in [9.17, 15) is 18.0 Å². The number of piperazine rings is 1. The van der Waals surface area contributed by atoms with Gasteiger partial charge in [0, 0.05) is 42.6 Å². The molecule has 0 bridgehead atoms. The van der Waals surface area contributed by atoms with Gasteiger partial charge in [-0.3, -0.25) is 10.2 Å². The van der Waals surface area contributed by atoms with Crippen molar-refractivity contribution in [3.8, 4) is 5.75 Å². The average Bonchev–Trinajstić information content (AvgIpc) is 2.86. The number of methoxy groups -OCH3 is 1. The first-order valence-electron chi connectivity index (χ1n) is 11.2. The molecule has 2 N–H and O–H groups in total. The summed E-state index contributed by atoms with van der Waals surface area (Å²) in [6.07, 6.45) is -4.66. The molecule has 1 saturated heterocycles. The lowest BCUT2D eigenvalue weighted by Crippen LogP contribution is -2.53. The number of aryl methyl sites for hydroxylation is 1. The lowest BCUT2D eigenvalue weighted by atomic mass is 10.1. The van der Waals surface area contributed by atoms with Gasteiger partial charge >= 0.3 is 6.18 Å². The van der Waals surface area contributed by atoms with Crippen molar-refractivity contribution in [3.05, 3.63) is 76.4 Å². The number of alkyl halides is 3. The maximum absolute atomic E-state index is 13.3. The Morgan fingerprint density at radius 2 is 1.72 bits per heavy atom. The Labute approximate surface area is 211 Å². The second-order valence-corrected chi connectivity index (χ2v) is 8.72. The molecule has 4 rings (SSSR count). The van der Waals surface area contributed by atoms with Crippen molar-refractivity contribution in [2.45, 2.75) is 13.1 Å². The third-order valence-corrected chi connectivity index (χ3v) is 6.09. The Hall–Kier alpha value is -3.50. The summed E-state index contributed by atoms with van der Waals surface area (Å²) in [6, 6.07) is 14.6. The minimum Gasteiger partial charge on any atom is -0.497 e. The molecule has 1 aromatic heterocycles. The Morgan fingerprint density at radius 3 is 2.36 bits per heavy atom. The van der Waals surface area contributed by atoms with Crippen LogP contribution >= 0.6 is 11.6 Å². The molecule has 190 valence electrons. The molecule has 36 heavy (non-hydrogen) atoms. The molecule has 0 atom stereocenters. The van der Waals surface area contributed by atoms with Crippen LogP contribution in [-0.4, -0.2) is 49.2 Å². The fourth-order valence-corrected chi connectivity index (χ4v) is 4.00. The molecule has 1 fully saturated rings. The SMILES string of the molecule is COc1ccc(N2CCN(NC(=O)c3ccc(C(F)(F)F)nc3Nc3cc(Cl)ccc3C)CC2)cc1. The number of ether oxygens (including phenoxy) is 1. The first-order chi connectivity index (χ1) is 17.1. The van der Waals surface area contributed by atoms with Crippen LogP contribution in [0.4, 0.5) is 30.4 Å². The molecule has 0 radical (unpaired) electrons. The molecule has 0 aliphatic carbocycles. The normalized spacial score (nSPS) is 14.4. The average molecular weight is 520 g/mol. The molecule has 2 aromatic carbocycles. The van der Waals surface area contributed by atoms with E-state index < -0.39 is 17.8 Å². The van der Waals surface area contributed by atoms with Crippen LogP contribution in [0.1, 0.15) is 21.6 Å². The Morgan fingerprint density at radius 1 is 1.03 bits per heavy atom. The number of nitrogens with zero attached hydrogens (tertiary/aromatic N) is 3. The second-order valence-electron chi connectivity index (χ2n) is 8.29. The quantitative estimate of drug-likeness (QED) is 0.462. The zero-order valence-electron chi connectivity index (χ0n) is 19.7. The summed E-state index contributed by atoms with van der Waals surface area (Å²) in [5.74, 6) is 0.00745. The molecule has 7 nitrogen and oxygen atoms in total. The smallest absolute Gasteiger partial charge is 0.433 e. The number of amides is 1. The van der Waals surface area contributed by atoms with Crippen LogP contribution in [-0.2, 0) is 6.18 Å². The number of rotatable bonds is 6. The van der Waals surface area contributed by atoms with E-state index in [-0.39, 0.29) is 11.4 Å². The summed E-state index contributed by atoms with van der Waals surface area (Å²) in [4.78, 5) is 19.0. The number of carbonyl (C=O) groups excluding carboxylic acids is 1. The number of carbonyl (C=O) groups is 1. The predicted molar refractivity (Wildman–Crippen MR) is 133 cm³/mol. The first-order valence-corrected chi connectivity index (χ1v) is 11.6. The first kappa shape index (κ1) is 25.6. The van der Waals surface area contributed by atoms with Crippen molar-refractivity contribution < 1.29 is 22.7 Å². The van der Waals surface area contributed by atoms with Crippen molar-refractivity contribution in [1.29, 1.82) is 0 Å². The number of pyridine rings is 1. The van der Waals surface area contributed by atoms with Crippen LogP contribution in [0.2, 0.25) is 5.02 Å². The van der Waals surface area contributed by atoms with E-state index in [1.54, 1.807) is 37.2 Å². The van der Waals surface area contributed by atoms with Crippen molar-refractivity contribution in [1.82, 2.24) is 15.4 Å². The molecular formula is C25H25ClF3N5O2. The van der Waals surface area contributed by atoms with Crippen LogP contribution in [0.5, 0.6) is 5.75 Å². The minimum atomic E-state index is -4.66. The largest absolute Gasteiger partial charge is 0.497 e. The predicted octanol–water partition coefficient (Wildman–Crippen LogP) is 5.28. The van der Waals surface area contributed by atoms with E-state index in [4.69, 9.17) is 16.3 Å². The Kier molecular flexibility index (Phi) is 7.56. The Balaban J connectivity index is 1.49. The number of hydrogen-bond donors (Lipinski definition) is 2. The molecule has 1 aliphatic rings. The summed E-state index contributed by atoms with van der Waals surface area (Å²) >= 11 is 6.05. The van der Waals surface area contributed by atoms with Crippen molar-refractivity contribution in [3.63, 3.8) is 0 Å². The highest BCUT2D eigenvalue weighted by atomic mass is 35.5. The topological polar surface area (TPSA) is 69.7 Å². The van der Waals surface area contributed by atoms with E-state index in [1.165, 1.54) is 0 Å². The van der Waals surface area contributed by atoms with Crippen LogP contribution in [0.3, 0.4) is 0 Å². The van der Waals surface area contributed by atoms with Crippen LogP contribution < -0.4 is 20.4 Å². The van der Waals surface area contributed by atoms with Gasteiger partial charge in [-0.1, -0.05) is 17.7 Å². The number of nitrogens with one attached hydrogen (secondary N) is 2. The fourth-order valence-electron chi connectivity index (χ4n) is 3.83. The van der Waals surface area contributed by atoms with Crippen molar-refractivity contribution in [2.24, 2.45) is 0 Å². The molecule has 3 aromatic rings. The Bertz CT molecular complexity index is 1230. The number of hydrazine groups is 1. The van der Waals surface area contributed by atoms with Crippen molar-refractivity contribution in [2.75, 3.05) is 43.5 Å². The third-order valence-electron chi connectivity index (χ3n) is 5.86. The standard InChI is InChI=1S/C25H25ClF3N5O2/c1-16-3-4-17(26)15-21(16)30-23-20(9-10-22(31-23)25(27,28)29)24(35)32-34-13-11-33(12-14-34)18-5-7-19(36-2)8-6-18/h3-10,15H,11-14H2,1-2H3,(H,30,31)(H,32,35). The zero-order chi connectivity index (χ0) is 25.9. The van der Waals surface area contributed by atoms with E-state index in [1.807, 2.05) is 24.3 Å². The summed E-state index contributed by atoms with van der Waals surface area (Å²) in [7, 11) is 1.61. The highest BCUT2D eigenvalue weighted by Crippen LogP contribution is 2.31. The molecule has 11 heteroatoms.